The van der Waals surface area contributed by atoms with Crippen molar-refractivity contribution in [1.82, 2.24) is 19.7 Å². The topological polar surface area (TPSA) is 43.6 Å². The van der Waals surface area contributed by atoms with E-state index >= 15 is 0 Å². The monoisotopic (exact) mass is 242 g/mol. The van der Waals surface area contributed by atoms with Gasteiger partial charge in [-0.1, -0.05) is 23.2 Å². The number of aryl methyl sites for hydroxylation is 1. The van der Waals surface area contributed by atoms with Gasteiger partial charge in [-0.05, 0) is 13.8 Å². The SMILES string of the molecule is Cc1nn(-c2cc(Cl)ncn2)c(C)c1Cl. The van der Waals surface area contributed by atoms with E-state index in [1.807, 2.05) is 13.8 Å². The molecule has 0 N–H and O–H groups in total. The lowest BCUT2D eigenvalue weighted by molar-refractivity contribution is 0.801. The van der Waals surface area contributed by atoms with Gasteiger partial charge in [-0.2, -0.15) is 5.10 Å². The van der Waals surface area contributed by atoms with Crippen LogP contribution in [-0.2, 0) is 0 Å². The summed E-state index contributed by atoms with van der Waals surface area (Å²) in [6, 6.07) is 1.64. The van der Waals surface area contributed by atoms with Crippen LogP contribution in [0.5, 0.6) is 0 Å². The van der Waals surface area contributed by atoms with Crippen molar-refractivity contribution in [1.29, 1.82) is 0 Å². The second-order valence-electron chi connectivity index (χ2n) is 3.10. The average molecular weight is 243 g/mol. The van der Waals surface area contributed by atoms with Crippen LogP contribution in [0.4, 0.5) is 0 Å². The van der Waals surface area contributed by atoms with E-state index in [4.69, 9.17) is 23.2 Å². The van der Waals surface area contributed by atoms with Crippen LogP contribution in [0.1, 0.15) is 11.4 Å². The molecule has 2 heterocycles. The Balaban J connectivity index is 2.59. The highest BCUT2D eigenvalue weighted by Gasteiger charge is 2.11. The van der Waals surface area contributed by atoms with Crippen molar-refractivity contribution in [2.45, 2.75) is 13.8 Å². The molecule has 0 unspecified atom stereocenters. The number of rotatable bonds is 1. The van der Waals surface area contributed by atoms with Crippen molar-refractivity contribution >= 4 is 23.2 Å². The van der Waals surface area contributed by atoms with Crippen LogP contribution in [-0.4, -0.2) is 19.7 Å². The molecule has 2 aromatic rings. The largest absolute Gasteiger partial charge is 0.224 e. The van der Waals surface area contributed by atoms with E-state index in [-0.39, 0.29) is 0 Å². The van der Waals surface area contributed by atoms with E-state index in [0.29, 0.717) is 16.0 Å². The van der Waals surface area contributed by atoms with Crippen molar-refractivity contribution in [3.05, 3.63) is 34.0 Å². The molecule has 0 radical (unpaired) electrons. The van der Waals surface area contributed by atoms with E-state index in [0.717, 1.165) is 11.4 Å². The first-order valence-corrected chi connectivity index (χ1v) is 5.05. The molecule has 0 fully saturated rings. The lowest BCUT2D eigenvalue weighted by Gasteiger charge is -2.02. The Hall–Kier alpha value is -1.13. The van der Waals surface area contributed by atoms with Crippen LogP contribution < -0.4 is 0 Å². The molecule has 0 aliphatic heterocycles. The van der Waals surface area contributed by atoms with E-state index in [1.54, 1.807) is 10.7 Å². The number of aromatic nitrogens is 4. The molecule has 6 heteroatoms. The Morgan fingerprint density at radius 1 is 1.20 bits per heavy atom. The number of nitrogens with zero attached hydrogens (tertiary/aromatic N) is 4. The third-order valence-corrected chi connectivity index (χ3v) is 2.79. The summed E-state index contributed by atoms with van der Waals surface area (Å²) in [5.41, 5.74) is 1.60. The van der Waals surface area contributed by atoms with Gasteiger partial charge in [0, 0.05) is 6.07 Å². The first-order chi connectivity index (χ1) is 7.09. The molecule has 0 atom stereocenters. The first-order valence-electron chi connectivity index (χ1n) is 4.29. The van der Waals surface area contributed by atoms with Gasteiger partial charge in [0.2, 0.25) is 0 Å². The van der Waals surface area contributed by atoms with Gasteiger partial charge in [0.25, 0.3) is 0 Å². The molecule has 0 saturated carbocycles. The van der Waals surface area contributed by atoms with Crippen molar-refractivity contribution < 1.29 is 0 Å². The number of hydrogen-bond acceptors (Lipinski definition) is 3. The zero-order valence-corrected chi connectivity index (χ0v) is 9.71. The maximum absolute atomic E-state index is 6.03. The lowest BCUT2D eigenvalue weighted by atomic mass is 10.4. The highest BCUT2D eigenvalue weighted by molar-refractivity contribution is 6.31. The molecule has 0 aliphatic rings. The molecule has 0 amide bonds. The summed E-state index contributed by atoms with van der Waals surface area (Å²) in [7, 11) is 0. The molecule has 0 spiro atoms. The summed E-state index contributed by atoms with van der Waals surface area (Å²) in [6.07, 6.45) is 1.39. The van der Waals surface area contributed by atoms with Gasteiger partial charge in [-0.3, -0.25) is 0 Å². The minimum atomic E-state index is 0.378. The minimum Gasteiger partial charge on any atom is -0.224 e. The maximum atomic E-state index is 6.03. The van der Waals surface area contributed by atoms with Crippen molar-refractivity contribution in [3.8, 4) is 5.82 Å². The van der Waals surface area contributed by atoms with Gasteiger partial charge in [0.05, 0.1) is 16.4 Å². The van der Waals surface area contributed by atoms with E-state index in [1.165, 1.54) is 6.33 Å². The zero-order chi connectivity index (χ0) is 11.0. The van der Waals surface area contributed by atoms with Gasteiger partial charge in [-0.15, -0.1) is 0 Å². The van der Waals surface area contributed by atoms with Gasteiger partial charge in [0.1, 0.15) is 11.5 Å². The Kier molecular flexibility index (Phi) is 2.63. The predicted octanol–water partition coefficient (Wildman–Crippen LogP) is 2.59. The molecular formula is C9H8Cl2N4. The Labute approximate surface area is 96.9 Å². The Morgan fingerprint density at radius 2 is 1.93 bits per heavy atom. The predicted molar refractivity (Wildman–Crippen MR) is 58.6 cm³/mol. The van der Waals surface area contributed by atoms with Crippen LogP contribution in [0, 0.1) is 13.8 Å². The van der Waals surface area contributed by atoms with Crippen LogP contribution in [0.25, 0.3) is 5.82 Å². The minimum absolute atomic E-state index is 0.378. The molecule has 78 valence electrons. The molecule has 0 saturated heterocycles. The Bertz CT molecular complexity index is 507. The fraction of sp³-hybridized carbons (Fsp3) is 0.222. The smallest absolute Gasteiger partial charge is 0.158 e. The van der Waals surface area contributed by atoms with Crippen LogP contribution >= 0.6 is 23.2 Å². The fourth-order valence-corrected chi connectivity index (χ4v) is 1.55. The van der Waals surface area contributed by atoms with Gasteiger partial charge < -0.3 is 0 Å². The van der Waals surface area contributed by atoms with E-state index in [9.17, 15) is 0 Å². The molecule has 2 aromatic heterocycles. The zero-order valence-electron chi connectivity index (χ0n) is 8.20. The Morgan fingerprint density at radius 3 is 2.47 bits per heavy atom. The third kappa shape index (κ3) is 1.82. The van der Waals surface area contributed by atoms with Crippen molar-refractivity contribution in [2.75, 3.05) is 0 Å². The molecule has 0 aliphatic carbocycles. The first kappa shape index (κ1) is 10.4. The van der Waals surface area contributed by atoms with Gasteiger partial charge >= 0.3 is 0 Å². The average Bonchev–Trinajstić information content (AvgIpc) is 2.46. The molecule has 0 bridgehead atoms. The normalized spacial score (nSPS) is 10.7. The highest BCUT2D eigenvalue weighted by atomic mass is 35.5. The van der Waals surface area contributed by atoms with Crippen LogP contribution in [0.2, 0.25) is 10.2 Å². The summed E-state index contributed by atoms with van der Waals surface area (Å²) in [5.74, 6) is 0.613. The number of halogens is 2. The fourth-order valence-electron chi connectivity index (χ4n) is 1.29. The second-order valence-corrected chi connectivity index (χ2v) is 3.86. The highest BCUT2D eigenvalue weighted by Crippen LogP contribution is 2.21. The third-order valence-electron chi connectivity index (χ3n) is 2.04. The van der Waals surface area contributed by atoms with E-state index in [2.05, 4.69) is 15.1 Å². The number of hydrogen-bond donors (Lipinski definition) is 0. The summed E-state index contributed by atoms with van der Waals surface area (Å²) in [4.78, 5) is 7.88. The summed E-state index contributed by atoms with van der Waals surface area (Å²) >= 11 is 11.8. The molecule has 15 heavy (non-hydrogen) atoms. The van der Waals surface area contributed by atoms with Crippen molar-refractivity contribution in [3.63, 3.8) is 0 Å². The molecule has 4 nitrogen and oxygen atoms in total. The lowest BCUT2D eigenvalue weighted by Crippen LogP contribution is -2.02. The second kappa shape index (κ2) is 3.79. The van der Waals surface area contributed by atoms with Crippen LogP contribution in [0.3, 0.4) is 0 Å². The van der Waals surface area contributed by atoms with Crippen LogP contribution in [0.15, 0.2) is 12.4 Å². The van der Waals surface area contributed by atoms with Gasteiger partial charge in [-0.25, -0.2) is 14.6 Å². The van der Waals surface area contributed by atoms with Crippen molar-refractivity contribution in [2.24, 2.45) is 0 Å². The van der Waals surface area contributed by atoms with E-state index < -0.39 is 0 Å². The van der Waals surface area contributed by atoms with Gasteiger partial charge in [0.15, 0.2) is 5.82 Å². The quantitative estimate of drug-likeness (QED) is 0.723. The maximum Gasteiger partial charge on any atom is 0.158 e. The summed E-state index contributed by atoms with van der Waals surface area (Å²) in [5, 5.41) is 5.28. The summed E-state index contributed by atoms with van der Waals surface area (Å²) < 4.78 is 1.64. The standard InChI is InChI=1S/C9H8Cl2N4/c1-5-9(11)6(2)15(14-5)8-3-7(10)12-4-13-8/h3-4H,1-2H3. The summed E-state index contributed by atoms with van der Waals surface area (Å²) in [6.45, 7) is 3.72. The molecule has 2 rings (SSSR count). The molecular weight excluding hydrogens is 235 g/mol. The molecule has 0 aromatic carbocycles.